The molecule has 2 N–H and O–H groups in total. The molecule has 0 radical (unpaired) electrons. The Labute approximate surface area is 162 Å². The third-order valence-corrected chi connectivity index (χ3v) is 5.76. The number of halogens is 1. The van der Waals surface area contributed by atoms with Crippen molar-refractivity contribution < 1.29 is 9.13 Å². The molecule has 0 saturated heterocycles. The van der Waals surface area contributed by atoms with Crippen LogP contribution in [0.4, 0.5) is 9.52 Å². The van der Waals surface area contributed by atoms with Crippen LogP contribution in [0.5, 0.6) is 5.75 Å². The summed E-state index contributed by atoms with van der Waals surface area (Å²) in [6, 6.07) is 9.18. The number of rotatable bonds is 3. The Morgan fingerprint density at radius 2 is 1.93 bits per heavy atom. The van der Waals surface area contributed by atoms with Crippen LogP contribution >= 0.6 is 11.3 Å². The molecule has 27 heavy (non-hydrogen) atoms. The molecule has 1 aromatic heterocycles. The van der Waals surface area contributed by atoms with Crippen molar-refractivity contribution in [1.29, 1.82) is 0 Å². The molecule has 4 aromatic rings. The third-order valence-electron chi connectivity index (χ3n) is 4.84. The predicted octanol–water partition coefficient (Wildman–Crippen LogP) is 6.45. The van der Waals surface area contributed by atoms with E-state index in [4.69, 9.17) is 10.5 Å². The summed E-state index contributed by atoms with van der Waals surface area (Å²) in [4.78, 5) is 4.54. The molecule has 0 aliphatic rings. The summed E-state index contributed by atoms with van der Waals surface area (Å²) in [5.41, 5.74) is 8.12. The Balaban J connectivity index is 2.05. The molecule has 0 atom stereocenters. The Kier molecular flexibility index (Phi) is 4.22. The third kappa shape index (κ3) is 3.21. The van der Waals surface area contributed by atoms with E-state index in [1.165, 1.54) is 17.4 Å². The van der Waals surface area contributed by atoms with Crippen LogP contribution < -0.4 is 10.5 Å². The van der Waals surface area contributed by atoms with Gasteiger partial charge in [0, 0.05) is 22.2 Å². The average Bonchev–Trinajstić information content (AvgIpc) is 2.95. The number of benzene rings is 3. The second-order valence-electron chi connectivity index (χ2n) is 8.21. The van der Waals surface area contributed by atoms with E-state index in [0.717, 1.165) is 43.7 Å². The van der Waals surface area contributed by atoms with E-state index in [1.54, 1.807) is 6.07 Å². The van der Waals surface area contributed by atoms with E-state index in [0.29, 0.717) is 17.5 Å². The maximum absolute atomic E-state index is 14.4. The number of aryl methyl sites for hydroxylation is 1. The smallest absolute Gasteiger partial charge is 0.181 e. The van der Waals surface area contributed by atoms with Gasteiger partial charge in [-0.2, -0.15) is 0 Å². The van der Waals surface area contributed by atoms with Gasteiger partial charge in [-0.15, -0.1) is 0 Å². The molecule has 1 heterocycles. The fraction of sp³-hybridized carbons (Fsp3) is 0.318. The van der Waals surface area contributed by atoms with E-state index < -0.39 is 0 Å². The van der Waals surface area contributed by atoms with Crippen molar-refractivity contribution in [3.8, 4) is 5.75 Å². The van der Waals surface area contributed by atoms with Crippen molar-refractivity contribution in [2.24, 2.45) is 5.41 Å². The van der Waals surface area contributed by atoms with E-state index >= 15 is 0 Å². The number of ether oxygens (including phenoxy) is 1. The molecular formula is C22H23FN2OS. The first-order valence-corrected chi connectivity index (χ1v) is 9.89. The molecular weight excluding hydrogens is 359 g/mol. The van der Waals surface area contributed by atoms with Crippen LogP contribution in [0, 0.1) is 18.2 Å². The van der Waals surface area contributed by atoms with Gasteiger partial charge in [0.1, 0.15) is 11.6 Å². The molecule has 0 bridgehead atoms. The number of nitrogens with zero attached hydrogens (tertiary/aromatic N) is 1. The highest BCUT2D eigenvalue weighted by molar-refractivity contribution is 7.23. The van der Waals surface area contributed by atoms with Gasteiger partial charge in [-0.05, 0) is 35.8 Å². The average molecular weight is 383 g/mol. The minimum absolute atomic E-state index is 0.154. The second kappa shape index (κ2) is 6.34. The first-order valence-electron chi connectivity index (χ1n) is 9.08. The standard InChI is InChI=1S/C22H23FN2OS/c1-12-6-5-7-14-17(12)19-20(27-21(24)25-19)15-10-13(23)11-16(18(14)15)26-9-8-22(2,3)4/h5-7,10-11H,8-9H2,1-4H3,(H2,24,25). The molecule has 0 aliphatic carbocycles. The van der Waals surface area contributed by atoms with Gasteiger partial charge in [0.05, 0.1) is 16.8 Å². The first-order chi connectivity index (χ1) is 12.7. The lowest BCUT2D eigenvalue weighted by Crippen LogP contribution is -2.11. The molecule has 0 fully saturated rings. The molecule has 0 saturated carbocycles. The maximum Gasteiger partial charge on any atom is 0.181 e. The fourth-order valence-corrected chi connectivity index (χ4v) is 4.36. The van der Waals surface area contributed by atoms with E-state index in [2.05, 4.69) is 38.7 Å². The highest BCUT2D eigenvalue weighted by Gasteiger charge is 2.19. The summed E-state index contributed by atoms with van der Waals surface area (Å²) in [6.07, 6.45) is 0.887. The number of anilines is 1. The first kappa shape index (κ1) is 18.0. The van der Waals surface area contributed by atoms with Gasteiger partial charge >= 0.3 is 0 Å². The van der Waals surface area contributed by atoms with Crippen molar-refractivity contribution in [2.45, 2.75) is 34.1 Å². The van der Waals surface area contributed by atoms with Crippen LogP contribution in [-0.4, -0.2) is 11.6 Å². The molecule has 0 spiro atoms. The lowest BCUT2D eigenvalue weighted by atomic mass is 9.93. The Morgan fingerprint density at radius 1 is 1.15 bits per heavy atom. The number of hydrogen-bond acceptors (Lipinski definition) is 4. The number of hydrogen-bond donors (Lipinski definition) is 1. The van der Waals surface area contributed by atoms with Crippen LogP contribution in [0.3, 0.4) is 0 Å². The molecule has 0 amide bonds. The minimum Gasteiger partial charge on any atom is -0.493 e. The number of thiazole rings is 1. The van der Waals surface area contributed by atoms with Crippen LogP contribution in [-0.2, 0) is 0 Å². The zero-order valence-electron chi connectivity index (χ0n) is 16.0. The molecule has 4 rings (SSSR count). The monoisotopic (exact) mass is 382 g/mol. The summed E-state index contributed by atoms with van der Waals surface area (Å²) in [5.74, 6) is 0.271. The van der Waals surface area contributed by atoms with Crippen molar-refractivity contribution in [1.82, 2.24) is 4.98 Å². The van der Waals surface area contributed by atoms with Crippen LogP contribution in [0.25, 0.3) is 31.8 Å². The predicted molar refractivity (Wildman–Crippen MR) is 113 cm³/mol. The maximum atomic E-state index is 14.4. The normalized spacial score (nSPS) is 12.3. The second-order valence-corrected chi connectivity index (χ2v) is 9.24. The fourth-order valence-electron chi connectivity index (χ4n) is 3.50. The summed E-state index contributed by atoms with van der Waals surface area (Å²) >= 11 is 1.40. The summed E-state index contributed by atoms with van der Waals surface area (Å²) < 4.78 is 21.4. The molecule has 0 unspecified atom stereocenters. The zero-order chi connectivity index (χ0) is 19.3. The highest BCUT2D eigenvalue weighted by Crippen LogP contribution is 2.43. The van der Waals surface area contributed by atoms with Crippen molar-refractivity contribution in [3.63, 3.8) is 0 Å². The number of fused-ring (bicyclic) bond motifs is 6. The number of nitrogen functional groups attached to an aromatic ring is 1. The summed E-state index contributed by atoms with van der Waals surface area (Å²) in [5, 5.41) is 4.30. The molecule has 3 aromatic carbocycles. The Hall–Kier alpha value is -2.40. The highest BCUT2D eigenvalue weighted by atomic mass is 32.1. The molecule has 140 valence electrons. The van der Waals surface area contributed by atoms with Gasteiger partial charge in [-0.25, -0.2) is 9.37 Å². The van der Waals surface area contributed by atoms with Crippen molar-refractivity contribution in [2.75, 3.05) is 12.3 Å². The summed E-state index contributed by atoms with van der Waals surface area (Å²) in [7, 11) is 0. The van der Waals surface area contributed by atoms with Gasteiger partial charge in [-0.3, -0.25) is 0 Å². The lowest BCUT2D eigenvalue weighted by molar-refractivity contribution is 0.244. The van der Waals surface area contributed by atoms with Gasteiger partial charge in [0.25, 0.3) is 0 Å². The number of aromatic nitrogens is 1. The Bertz CT molecular complexity index is 1170. The van der Waals surface area contributed by atoms with Gasteiger partial charge in [-0.1, -0.05) is 50.3 Å². The quantitative estimate of drug-likeness (QED) is 0.414. The van der Waals surface area contributed by atoms with Gasteiger partial charge in [0.2, 0.25) is 0 Å². The molecule has 0 aliphatic heterocycles. The zero-order valence-corrected chi connectivity index (χ0v) is 16.8. The van der Waals surface area contributed by atoms with E-state index in [-0.39, 0.29) is 11.2 Å². The summed E-state index contributed by atoms with van der Waals surface area (Å²) in [6.45, 7) is 9.11. The minimum atomic E-state index is -0.312. The SMILES string of the molecule is Cc1cccc2c3c(OCCC(C)(C)C)cc(F)cc3c3sc(N)nc3c12. The van der Waals surface area contributed by atoms with Gasteiger partial charge in [0.15, 0.2) is 5.13 Å². The van der Waals surface area contributed by atoms with Crippen molar-refractivity contribution in [3.05, 3.63) is 41.7 Å². The number of nitrogens with two attached hydrogens (primary N) is 1. The lowest BCUT2D eigenvalue weighted by Gasteiger charge is -2.19. The van der Waals surface area contributed by atoms with E-state index in [1.807, 2.05) is 12.1 Å². The molecule has 5 heteroatoms. The molecule has 3 nitrogen and oxygen atoms in total. The van der Waals surface area contributed by atoms with E-state index in [9.17, 15) is 4.39 Å². The topological polar surface area (TPSA) is 48.1 Å². The Morgan fingerprint density at radius 3 is 2.67 bits per heavy atom. The van der Waals surface area contributed by atoms with Crippen LogP contribution in [0.1, 0.15) is 32.8 Å². The van der Waals surface area contributed by atoms with Crippen LogP contribution in [0.2, 0.25) is 0 Å². The van der Waals surface area contributed by atoms with Gasteiger partial charge < -0.3 is 10.5 Å². The van der Waals surface area contributed by atoms with Crippen LogP contribution in [0.15, 0.2) is 30.3 Å². The van der Waals surface area contributed by atoms with Crippen molar-refractivity contribution >= 4 is 48.2 Å². The largest absolute Gasteiger partial charge is 0.493 e.